The molecule has 1 aliphatic heterocycles. The second-order valence-electron chi connectivity index (χ2n) is 7.56. The lowest BCUT2D eigenvalue weighted by molar-refractivity contribution is 0.102. The Labute approximate surface area is 176 Å². The summed E-state index contributed by atoms with van der Waals surface area (Å²) in [5.41, 5.74) is 5.80. The van der Waals surface area contributed by atoms with Crippen molar-refractivity contribution < 1.29 is 4.79 Å². The van der Waals surface area contributed by atoms with E-state index in [1.54, 1.807) is 0 Å². The molecule has 0 saturated heterocycles. The number of hydrogen-bond donors (Lipinski definition) is 2. The first-order valence-corrected chi connectivity index (χ1v) is 10.4. The van der Waals surface area contributed by atoms with Gasteiger partial charge in [0, 0.05) is 35.2 Å². The normalized spacial score (nSPS) is 12.9. The Hall–Kier alpha value is -2.86. The average Bonchev–Trinajstić information content (AvgIpc) is 3.17. The predicted octanol–water partition coefficient (Wildman–Crippen LogP) is 4.80. The van der Waals surface area contributed by atoms with Crippen molar-refractivity contribution >= 4 is 29.9 Å². The van der Waals surface area contributed by atoms with Crippen molar-refractivity contribution in [3.63, 3.8) is 0 Å². The number of aromatic nitrogens is 2. The molecule has 2 heterocycles. The number of benzene rings is 2. The Balaban J connectivity index is 1.50. The number of rotatable bonds is 5. The maximum atomic E-state index is 12.8. The van der Waals surface area contributed by atoms with Gasteiger partial charge in [0.25, 0.3) is 5.91 Å². The molecule has 0 aliphatic carbocycles. The standard InChI is InChI=1S/C23H24N4OS/c1-15(2)16-5-3-7-19(9-16)25-23(28)17-6-4-8-20(10-17)27-12-18-11-24-22(14-29)26-21(18)13-27/h3-11,15,29H,12-14H2,1-2H3,(H,25,28). The number of thiol groups is 1. The highest BCUT2D eigenvalue weighted by atomic mass is 32.1. The molecule has 2 aromatic carbocycles. The molecule has 0 spiro atoms. The average molecular weight is 405 g/mol. The molecular weight excluding hydrogens is 380 g/mol. The fourth-order valence-electron chi connectivity index (χ4n) is 3.48. The Morgan fingerprint density at radius 1 is 1.17 bits per heavy atom. The van der Waals surface area contributed by atoms with Crippen LogP contribution < -0.4 is 10.2 Å². The van der Waals surface area contributed by atoms with Crippen LogP contribution in [0.5, 0.6) is 0 Å². The lowest BCUT2D eigenvalue weighted by Gasteiger charge is -2.18. The summed E-state index contributed by atoms with van der Waals surface area (Å²) in [7, 11) is 0. The van der Waals surface area contributed by atoms with Gasteiger partial charge in [0.05, 0.1) is 18.0 Å². The van der Waals surface area contributed by atoms with Crippen LogP contribution in [0, 0.1) is 0 Å². The largest absolute Gasteiger partial charge is 0.361 e. The Morgan fingerprint density at radius 3 is 2.79 bits per heavy atom. The minimum absolute atomic E-state index is 0.110. The van der Waals surface area contributed by atoms with Crippen molar-refractivity contribution in [1.82, 2.24) is 9.97 Å². The van der Waals surface area contributed by atoms with E-state index in [9.17, 15) is 4.79 Å². The van der Waals surface area contributed by atoms with Gasteiger partial charge in [-0.25, -0.2) is 9.97 Å². The van der Waals surface area contributed by atoms with Crippen LogP contribution in [0.1, 0.15) is 52.8 Å². The van der Waals surface area contributed by atoms with Gasteiger partial charge in [-0.1, -0.05) is 32.0 Å². The molecule has 1 N–H and O–H groups in total. The molecule has 0 unspecified atom stereocenters. The quantitative estimate of drug-likeness (QED) is 0.600. The Bertz CT molecular complexity index is 1050. The molecule has 3 aromatic rings. The van der Waals surface area contributed by atoms with Crippen LogP contribution in [-0.4, -0.2) is 15.9 Å². The lowest BCUT2D eigenvalue weighted by atomic mass is 10.0. The first kappa shape index (κ1) is 19.5. The number of anilines is 2. The molecule has 0 saturated carbocycles. The molecule has 29 heavy (non-hydrogen) atoms. The molecule has 0 radical (unpaired) electrons. The number of nitrogens with one attached hydrogen (secondary N) is 1. The molecule has 0 bridgehead atoms. The summed E-state index contributed by atoms with van der Waals surface area (Å²) in [6, 6.07) is 15.7. The molecule has 6 heteroatoms. The van der Waals surface area contributed by atoms with Crippen LogP contribution in [0.25, 0.3) is 0 Å². The first-order chi connectivity index (χ1) is 14.0. The third kappa shape index (κ3) is 4.27. The highest BCUT2D eigenvalue weighted by Crippen LogP contribution is 2.28. The van der Waals surface area contributed by atoms with Crippen molar-refractivity contribution in [1.29, 1.82) is 0 Å². The van der Waals surface area contributed by atoms with Crippen LogP contribution in [0.4, 0.5) is 11.4 Å². The zero-order valence-corrected chi connectivity index (χ0v) is 17.5. The van der Waals surface area contributed by atoms with E-state index >= 15 is 0 Å². The van der Waals surface area contributed by atoms with Gasteiger partial charge in [-0.2, -0.15) is 12.6 Å². The van der Waals surface area contributed by atoms with Crippen molar-refractivity contribution in [3.8, 4) is 0 Å². The second-order valence-corrected chi connectivity index (χ2v) is 7.87. The SMILES string of the molecule is CC(C)c1cccc(NC(=O)c2cccc(N3Cc4cnc(CS)nc4C3)c2)c1. The van der Waals surface area contributed by atoms with E-state index in [4.69, 9.17) is 0 Å². The summed E-state index contributed by atoms with van der Waals surface area (Å²) in [4.78, 5) is 23.9. The van der Waals surface area contributed by atoms with Crippen molar-refractivity contribution in [2.24, 2.45) is 0 Å². The fraction of sp³-hybridized carbons (Fsp3) is 0.261. The fourth-order valence-corrected chi connectivity index (χ4v) is 3.63. The van der Waals surface area contributed by atoms with Gasteiger partial charge >= 0.3 is 0 Å². The highest BCUT2D eigenvalue weighted by molar-refractivity contribution is 7.79. The van der Waals surface area contributed by atoms with Crippen LogP contribution in [0.3, 0.4) is 0 Å². The van der Waals surface area contributed by atoms with Crippen LogP contribution >= 0.6 is 12.6 Å². The van der Waals surface area contributed by atoms with Gasteiger partial charge in [0.1, 0.15) is 5.82 Å². The second kappa shape index (κ2) is 8.25. The van der Waals surface area contributed by atoms with Crippen LogP contribution in [0.15, 0.2) is 54.7 Å². The van der Waals surface area contributed by atoms with Crippen LogP contribution in [-0.2, 0) is 18.8 Å². The smallest absolute Gasteiger partial charge is 0.255 e. The summed E-state index contributed by atoms with van der Waals surface area (Å²) in [5, 5.41) is 3.02. The number of hydrogen-bond acceptors (Lipinski definition) is 5. The zero-order chi connectivity index (χ0) is 20.4. The maximum absolute atomic E-state index is 12.8. The van der Waals surface area contributed by atoms with E-state index in [0.29, 0.717) is 23.8 Å². The first-order valence-electron chi connectivity index (χ1n) is 9.74. The Kier molecular flexibility index (Phi) is 5.53. The number of carbonyl (C=O) groups excluding carboxylic acids is 1. The zero-order valence-electron chi connectivity index (χ0n) is 16.6. The van der Waals surface area contributed by atoms with Crippen molar-refractivity contribution in [2.75, 3.05) is 10.2 Å². The van der Waals surface area contributed by atoms with E-state index < -0.39 is 0 Å². The minimum Gasteiger partial charge on any atom is -0.361 e. The summed E-state index contributed by atoms with van der Waals surface area (Å²) in [6.07, 6.45) is 1.88. The number of amides is 1. The number of carbonyl (C=O) groups is 1. The van der Waals surface area contributed by atoms with Gasteiger partial charge < -0.3 is 10.2 Å². The van der Waals surface area contributed by atoms with Gasteiger partial charge in [-0.15, -0.1) is 0 Å². The van der Waals surface area contributed by atoms with Crippen molar-refractivity contribution in [3.05, 3.63) is 82.9 Å². The summed E-state index contributed by atoms with van der Waals surface area (Å²) in [5.74, 6) is 1.58. The molecule has 0 fully saturated rings. The molecular formula is C23H24N4OS. The third-order valence-corrected chi connectivity index (χ3v) is 5.41. The molecule has 1 aliphatic rings. The maximum Gasteiger partial charge on any atom is 0.255 e. The van der Waals surface area contributed by atoms with E-state index in [1.165, 1.54) is 5.56 Å². The lowest BCUT2D eigenvalue weighted by Crippen LogP contribution is -2.17. The molecule has 1 amide bonds. The van der Waals surface area contributed by atoms with E-state index in [1.807, 2.05) is 48.7 Å². The summed E-state index contributed by atoms with van der Waals surface area (Å²) < 4.78 is 0. The third-order valence-electron chi connectivity index (χ3n) is 5.13. The van der Waals surface area contributed by atoms with E-state index in [2.05, 4.69) is 52.7 Å². The molecule has 1 aromatic heterocycles. The minimum atomic E-state index is -0.110. The van der Waals surface area contributed by atoms with E-state index in [-0.39, 0.29) is 5.91 Å². The van der Waals surface area contributed by atoms with Gasteiger partial charge in [-0.05, 0) is 41.8 Å². The topological polar surface area (TPSA) is 58.1 Å². The molecule has 5 nitrogen and oxygen atoms in total. The van der Waals surface area contributed by atoms with Crippen molar-refractivity contribution in [2.45, 2.75) is 38.6 Å². The summed E-state index contributed by atoms with van der Waals surface area (Å²) in [6.45, 7) is 5.73. The highest BCUT2D eigenvalue weighted by Gasteiger charge is 2.22. The monoisotopic (exact) mass is 404 g/mol. The van der Waals surface area contributed by atoms with Crippen LogP contribution in [0.2, 0.25) is 0 Å². The molecule has 0 atom stereocenters. The number of fused-ring (bicyclic) bond motifs is 1. The van der Waals surface area contributed by atoms with Gasteiger partial charge in [0.15, 0.2) is 0 Å². The Morgan fingerprint density at radius 2 is 2.00 bits per heavy atom. The van der Waals surface area contributed by atoms with Gasteiger partial charge in [0.2, 0.25) is 0 Å². The number of nitrogens with zero attached hydrogens (tertiary/aromatic N) is 3. The van der Waals surface area contributed by atoms with Gasteiger partial charge in [-0.3, -0.25) is 4.79 Å². The predicted molar refractivity (Wildman–Crippen MR) is 120 cm³/mol. The summed E-state index contributed by atoms with van der Waals surface area (Å²) >= 11 is 4.25. The molecule has 4 rings (SSSR count). The molecule has 148 valence electrons. The van der Waals surface area contributed by atoms with E-state index in [0.717, 1.165) is 35.0 Å².